The van der Waals surface area contributed by atoms with Crippen LogP contribution in [0.3, 0.4) is 0 Å². The molecule has 0 bridgehead atoms. The molecule has 1 fully saturated rings. The van der Waals surface area contributed by atoms with Gasteiger partial charge in [0.25, 0.3) is 11.6 Å². The second-order valence-corrected chi connectivity index (χ2v) is 5.28. The van der Waals surface area contributed by atoms with Crippen molar-refractivity contribution in [2.45, 2.75) is 6.42 Å². The maximum Gasteiger partial charge on any atom is 0.287 e. The van der Waals surface area contributed by atoms with Gasteiger partial charge in [0.15, 0.2) is 0 Å². The SMILES string of the molecule is CN1CCCN(C(=O)c2ccc([N+](=O)[O-])c(Cl)c2)CC1. The van der Waals surface area contributed by atoms with Crippen molar-refractivity contribution < 1.29 is 9.72 Å². The zero-order valence-corrected chi connectivity index (χ0v) is 12.0. The fraction of sp³-hybridized carbons (Fsp3) is 0.462. The number of carbonyl (C=O) groups is 1. The molecule has 1 aliphatic heterocycles. The van der Waals surface area contributed by atoms with Gasteiger partial charge in [0.05, 0.1) is 4.92 Å². The lowest BCUT2D eigenvalue weighted by molar-refractivity contribution is -0.384. The van der Waals surface area contributed by atoms with Gasteiger partial charge in [0.1, 0.15) is 5.02 Å². The van der Waals surface area contributed by atoms with E-state index in [1.165, 1.54) is 18.2 Å². The summed E-state index contributed by atoms with van der Waals surface area (Å²) in [7, 11) is 2.02. The molecular weight excluding hydrogens is 282 g/mol. The Morgan fingerprint density at radius 3 is 2.70 bits per heavy atom. The molecule has 20 heavy (non-hydrogen) atoms. The second kappa shape index (κ2) is 6.19. The topological polar surface area (TPSA) is 66.7 Å². The van der Waals surface area contributed by atoms with Crippen LogP contribution in [0.1, 0.15) is 16.8 Å². The van der Waals surface area contributed by atoms with E-state index < -0.39 is 4.92 Å². The predicted molar refractivity (Wildman–Crippen MR) is 76.1 cm³/mol. The summed E-state index contributed by atoms with van der Waals surface area (Å²) < 4.78 is 0. The van der Waals surface area contributed by atoms with Gasteiger partial charge < -0.3 is 9.80 Å². The number of rotatable bonds is 2. The van der Waals surface area contributed by atoms with Gasteiger partial charge in [-0.2, -0.15) is 0 Å². The van der Waals surface area contributed by atoms with E-state index in [9.17, 15) is 14.9 Å². The van der Waals surface area contributed by atoms with Crippen LogP contribution in [0, 0.1) is 10.1 Å². The molecule has 6 nitrogen and oxygen atoms in total. The molecule has 0 spiro atoms. The fourth-order valence-corrected chi connectivity index (χ4v) is 2.47. The van der Waals surface area contributed by atoms with E-state index in [0.717, 1.165) is 19.5 Å². The Bertz CT molecular complexity index is 536. The van der Waals surface area contributed by atoms with Gasteiger partial charge in [-0.25, -0.2) is 0 Å². The number of carbonyl (C=O) groups excluding carboxylic acids is 1. The van der Waals surface area contributed by atoms with Gasteiger partial charge in [-0.3, -0.25) is 14.9 Å². The first kappa shape index (κ1) is 14.7. The minimum Gasteiger partial charge on any atom is -0.337 e. The number of nitro benzene ring substituents is 1. The number of hydrogen-bond donors (Lipinski definition) is 0. The molecule has 108 valence electrons. The molecule has 0 N–H and O–H groups in total. The minimum atomic E-state index is -0.558. The van der Waals surface area contributed by atoms with Gasteiger partial charge in [0.2, 0.25) is 0 Å². The van der Waals surface area contributed by atoms with Crippen molar-refractivity contribution in [1.82, 2.24) is 9.80 Å². The Balaban J connectivity index is 2.16. The highest BCUT2D eigenvalue weighted by molar-refractivity contribution is 6.33. The fourth-order valence-electron chi connectivity index (χ4n) is 2.22. The predicted octanol–water partition coefficient (Wildman–Crippen LogP) is 2.03. The third kappa shape index (κ3) is 3.26. The van der Waals surface area contributed by atoms with Crippen molar-refractivity contribution in [2.75, 3.05) is 33.2 Å². The van der Waals surface area contributed by atoms with Crippen molar-refractivity contribution in [2.24, 2.45) is 0 Å². The average molecular weight is 298 g/mol. The van der Waals surface area contributed by atoms with Crippen molar-refractivity contribution in [1.29, 1.82) is 0 Å². The lowest BCUT2D eigenvalue weighted by Gasteiger charge is -2.20. The normalized spacial score (nSPS) is 16.8. The van der Waals surface area contributed by atoms with Crippen molar-refractivity contribution in [3.05, 3.63) is 38.9 Å². The van der Waals surface area contributed by atoms with Crippen molar-refractivity contribution in [3.8, 4) is 0 Å². The molecule has 7 heteroatoms. The van der Waals surface area contributed by atoms with E-state index in [1.54, 1.807) is 4.90 Å². The number of likely N-dealkylation sites (N-methyl/N-ethyl adjacent to an activating group) is 1. The quantitative estimate of drug-likeness (QED) is 0.619. The molecule has 0 aliphatic carbocycles. The third-order valence-corrected chi connectivity index (χ3v) is 3.70. The molecule has 0 atom stereocenters. The molecule has 1 aromatic rings. The van der Waals surface area contributed by atoms with Crippen LogP contribution in [0.2, 0.25) is 5.02 Å². The molecule has 0 saturated carbocycles. The molecule has 1 amide bonds. The first-order valence-electron chi connectivity index (χ1n) is 6.41. The molecular formula is C13H16ClN3O3. The number of hydrogen-bond acceptors (Lipinski definition) is 4. The Hall–Kier alpha value is -1.66. The Kier molecular flexibility index (Phi) is 4.57. The van der Waals surface area contributed by atoms with Crippen LogP contribution in [0.25, 0.3) is 0 Å². The number of halogens is 1. The molecule has 1 heterocycles. The standard InChI is InChI=1S/C13H16ClN3O3/c1-15-5-2-6-16(8-7-15)13(18)10-3-4-12(17(19)20)11(14)9-10/h3-4,9H,2,5-8H2,1H3. The maximum atomic E-state index is 12.4. The molecule has 2 rings (SSSR count). The summed E-state index contributed by atoms with van der Waals surface area (Å²) in [6.07, 6.45) is 0.920. The molecule has 0 aromatic heterocycles. The molecule has 0 unspecified atom stereocenters. The van der Waals surface area contributed by atoms with Gasteiger partial charge in [-0.15, -0.1) is 0 Å². The Morgan fingerprint density at radius 2 is 2.05 bits per heavy atom. The monoisotopic (exact) mass is 297 g/mol. The summed E-state index contributed by atoms with van der Waals surface area (Å²) in [4.78, 5) is 26.5. The largest absolute Gasteiger partial charge is 0.337 e. The van der Waals surface area contributed by atoms with Crippen molar-refractivity contribution in [3.63, 3.8) is 0 Å². The smallest absolute Gasteiger partial charge is 0.287 e. The van der Waals surface area contributed by atoms with E-state index in [4.69, 9.17) is 11.6 Å². The first-order valence-corrected chi connectivity index (χ1v) is 6.78. The van der Waals surface area contributed by atoms with Crippen LogP contribution >= 0.6 is 11.6 Å². The highest BCUT2D eigenvalue weighted by Crippen LogP contribution is 2.25. The van der Waals surface area contributed by atoms with E-state index in [2.05, 4.69) is 4.90 Å². The Labute approximate surface area is 122 Å². The third-order valence-electron chi connectivity index (χ3n) is 3.40. The Morgan fingerprint density at radius 1 is 1.30 bits per heavy atom. The second-order valence-electron chi connectivity index (χ2n) is 4.87. The molecule has 1 saturated heterocycles. The summed E-state index contributed by atoms with van der Waals surface area (Å²) in [6.45, 7) is 3.14. The minimum absolute atomic E-state index is 0.00668. The summed E-state index contributed by atoms with van der Waals surface area (Å²) in [5, 5.41) is 10.7. The first-order chi connectivity index (χ1) is 9.49. The number of amides is 1. The maximum absolute atomic E-state index is 12.4. The average Bonchev–Trinajstić information content (AvgIpc) is 2.62. The molecule has 0 radical (unpaired) electrons. The van der Waals surface area contributed by atoms with E-state index >= 15 is 0 Å². The number of benzene rings is 1. The lowest BCUT2D eigenvalue weighted by Crippen LogP contribution is -2.34. The lowest BCUT2D eigenvalue weighted by atomic mass is 10.1. The van der Waals surface area contributed by atoms with Gasteiger partial charge in [-0.05, 0) is 32.1 Å². The van der Waals surface area contributed by atoms with Gasteiger partial charge in [-0.1, -0.05) is 11.6 Å². The molecule has 1 aliphatic rings. The van der Waals surface area contributed by atoms with E-state index in [-0.39, 0.29) is 16.6 Å². The van der Waals surface area contributed by atoms with Crippen LogP contribution in [0.15, 0.2) is 18.2 Å². The van der Waals surface area contributed by atoms with Crippen LogP contribution in [0.4, 0.5) is 5.69 Å². The highest BCUT2D eigenvalue weighted by Gasteiger charge is 2.21. The van der Waals surface area contributed by atoms with Gasteiger partial charge >= 0.3 is 0 Å². The van der Waals surface area contributed by atoms with E-state index in [0.29, 0.717) is 18.7 Å². The van der Waals surface area contributed by atoms with Gasteiger partial charge in [0, 0.05) is 31.3 Å². The van der Waals surface area contributed by atoms with Crippen LogP contribution in [0.5, 0.6) is 0 Å². The van der Waals surface area contributed by atoms with Crippen LogP contribution < -0.4 is 0 Å². The summed E-state index contributed by atoms with van der Waals surface area (Å²) in [5.74, 6) is -0.128. The zero-order chi connectivity index (χ0) is 14.7. The van der Waals surface area contributed by atoms with Crippen LogP contribution in [-0.2, 0) is 0 Å². The summed E-state index contributed by atoms with van der Waals surface area (Å²) in [5.41, 5.74) is 0.212. The zero-order valence-electron chi connectivity index (χ0n) is 11.2. The van der Waals surface area contributed by atoms with Crippen LogP contribution in [-0.4, -0.2) is 53.9 Å². The van der Waals surface area contributed by atoms with E-state index in [1.807, 2.05) is 7.05 Å². The summed E-state index contributed by atoms with van der Waals surface area (Å²) in [6, 6.07) is 4.11. The highest BCUT2D eigenvalue weighted by atomic mass is 35.5. The number of nitrogens with zero attached hydrogens (tertiary/aromatic N) is 3. The summed E-state index contributed by atoms with van der Waals surface area (Å²) >= 11 is 5.84. The van der Waals surface area contributed by atoms with Crippen molar-refractivity contribution >= 4 is 23.2 Å². The number of nitro groups is 1. The molecule has 1 aromatic carbocycles.